The molecule has 0 amide bonds. The smallest absolute Gasteiger partial charge is 0.284 e. The fourth-order valence-corrected chi connectivity index (χ4v) is 0.871. The molecule has 0 spiro atoms. The number of hydrogen-bond donors (Lipinski definition) is 0. The highest BCUT2D eigenvalue weighted by Crippen LogP contribution is 2.07. The number of carbonyl (C=O) groups excluding carboxylic acids is 1. The second kappa shape index (κ2) is 4.30. The lowest BCUT2D eigenvalue weighted by molar-refractivity contribution is -0.143. The molecule has 13 heavy (non-hydrogen) atoms. The maximum Gasteiger partial charge on any atom is 0.343 e. The van der Waals surface area contributed by atoms with Gasteiger partial charge in [0, 0.05) is 0 Å². The Balaban J connectivity index is 2.68. The number of rotatable bonds is 3. The van der Waals surface area contributed by atoms with Crippen LogP contribution in [0.5, 0.6) is 0 Å². The highest BCUT2D eigenvalue weighted by atomic mass is 19.1. The zero-order valence-electron chi connectivity index (χ0n) is 6.57. The summed E-state index contributed by atoms with van der Waals surface area (Å²) >= 11 is 0. The molecule has 0 atom stereocenters. The van der Waals surface area contributed by atoms with Crippen molar-refractivity contribution in [2.75, 3.05) is 0 Å². The molecular formula is C8H6FNO3. The summed E-state index contributed by atoms with van der Waals surface area (Å²) in [6.45, 7) is 0. The quantitative estimate of drug-likeness (QED) is 0.528. The maximum atomic E-state index is 12.9. The molecule has 0 saturated carbocycles. The predicted octanol–water partition coefficient (Wildman–Crippen LogP) is 1.59. The molecule has 5 heteroatoms. The van der Waals surface area contributed by atoms with E-state index in [4.69, 9.17) is 0 Å². The Morgan fingerprint density at radius 3 is 2.77 bits per heavy atom. The summed E-state index contributed by atoms with van der Waals surface area (Å²) in [5, 5.41) is 1.94. The van der Waals surface area contributed by atoms with Gasteiger partial charge in [-0.2, -0.15) is 0 Å². The van der Waals surface area contributed by atoms with Crippen LogP contribution in [0.15, 0.2) is 29.6 Å². The molecule has 0 heterocycles. The standard InChI is InChI=1S/C8H6FNO3/c9-7-4-2-1-3-6(7)5-8(11)13-10-12/h1-4H,5H2. The van der Waals surface area contributed by atoms with Gasteiger partial charge in [0.2, 0.25) is 0 Å². The van der Waals surface area contributed by atoms with Crippen LogP contribution in [-0.2, 0) is 16.1 Å². The van der Waals surface area contributed by atoms with E-state index in [9.17, 15) is 14.1 Å². The fourth-order valence-electron chi connectivity index (χ4n) is 0.871. The molecular weight excluding hydrogens is 177 g/mol. The summed E-state index contributed by atoms with van der Waals surface area (Å²) in [5.74, 6) is -1.38. The third-order valence-corrected chi connectivity index (χ3v) is 1.43. The van der Waals surface area contributed by atoms with E-state index in [0.29, 0.717) is 0 Å². The largest absolute Gasteiger partial charge is 0.343 e. The third-order valence-electron chi connectivity index (χ3n) is 1.43. The van der Waals surface area contributed by atoms with Gasteiger partial charge in [0.05, 0.1) is 6.42 Å². The number of carbonyl (C=O) groups is 1. The second-order valence-electron chi connectivity index (χ2n) is 2.31. The van der Waals surface area contributed by atoms with Gasteiger partial charge in [0.1, 0.15) is 5.82 Å². The van der Waals surface area contributed by atoms with Gasteiger partial charge in [-0.15, -0.1) is 4.91 Å². The van der Waals surface area contributed by atoms with Crippen LogP contribution in [0.2, 0.25) is 0 Å². The van der Waals surface area contributed by atoms with Crippen LogP contribution in [-0.4, -0.2) is 5.97 Å². The summed E-state index contributed by atoms with van der Waals surface area (Å²) in [6.07, 6.45) is -0.293. The van der Waals surface area contributed by atoms with Crippen molar-refractivity contribution in [1.82, 2.24) is 0 Å². The Kier molecular flexibility index (Phi) is 3.08. The summed E-state index contributed by atoms with van der Waals surface area (Å²) in [6, 6.07) is 5.74. The van der Waals surface area contributed by atoms with Crippen LogP contribution in [0.1, 0.15) is 5.56 Å². The molecule has 68 valence electrons. The lowest BCUT2D eigenvalue weighted by atomic mass is 10.1. The molecule has 0 fully saturated rings. The monoisotopic (exact) mass is 183 g/mol. The van der Waals surface area contributed by atoms with Crippen molar-refractivity contribution in [3.8, 4) is 0 Å². The van der Waals surface area contributed by atoms with Crippen molar-refractivity contribution in [1.29, 1.82) is 0 Å². The first-order valence-electron chi connectivity index (χ1n) is 3.50. The molecule has 0 aliphatic heterocycles. The van der Waals surface area contributed by atoms with Gasteiger partial charge in [-0.3, -0.25) is 4.84 Å². The zero-order chi connectivity index (χ0) is 9.68. The van der Waals surface area contributed by atoms with E-state index in [2.05, 4.69) is 4.84 Å². The number of benzene rings is 1. The Hall–Kier alpha value is -1.78. The van der Waals surface area contributed by atoms with E-state index in [0.717, 1.165) is 0 Å². The Bertz CT molecular complexity index is 327. The SMILES string of the molecule is O=NOC(=O)Cc1ccccc1F. The van der Waals surface area contributed by atoms with E-state index in [1.807, 2.05) is 5.34 Å². The fraction of sp³-hybridized carbons (Fsp3) is 0.125. The molecule has 0 aromatic heterocycles. The highest BCUT2D eigenvalue weighted by molar-refractivity contribution is 5.72. The molecule has 4 nitrogen and oxygen atoms in total. The number of halogens is 1. The van der Waals surface area contributed by atoms with Crippen molar-refractivity contribution < 1.29 is 14.0 Å². The van der Waals surface area contributed by atoms with Gasteiger partial charge < -0.3 is 0 Å². The normalized spacial score (nSPS) is 9.31. The molecule has 0 aliphatic rings. The van der Waals surface area contributed by atoms with Crippen molar-refractivity contribution >= 4 is 5.97 Å². The number of hydrogen-bond acceptors (Lipinski definition) is 4. The molecule has 1 aromatic carbocycles. The zero-order valence-corrected chi connectivity index (χ0v) is 6.57. The van der Waals surface area contributed by atoms with Crippen molar-refractivity contribution in [2.24, 2.45) is 5.34 Å². The first-order chi connectivity index (χ1) is 6.24. The minimum Gasteiger partial charge on any atom is -0.284 e. The highest BCUT2D eigenvalue weighted by Gasteiger charge is 2.08. The van der Waals surface area contributed by atoms with Crippen LogP contribution in [0.4, 0.5) is 4.39 Å². The van der Waals surface area contributed by atoms with E-state index in [1.165, 1.54) is 18.2 Å². The molecule has 0 N–H and O–H groups in total. The van der Waals surface area contributed by atoms with E-state index in [1.54, 1.807) is 6.07 Å². The van der Waals surface area contributed by atoms with Crippen LogP contribution < -0.4 is 0 Å². The van der Waals surface area contributed by atoms with Crippen LogP contribution >= 0.6 is 0 Å². The maximum absolute atomic E-state index is 12.9. The van der Waals surface area contributed by atoms with Gasteiger partial charge in [-0.05, 0) is 11.6 Å². The van der Waals surface area contributed by atoms with Crippen LogP contribution in [0.25, 0.3) is 0 Å². The summed E-state index contributed by atoms with van der Waals surface area (Å²) in [4.78, 5) is 24.0. The average molecular weight is 183 g/mol. The van der Waals surface area contributed by atoms with E-state index >= 15 is 0 Å². The third kappa shape index (κ3) is 2.62. The van der Waals surface area contributed by atoms with Gasteiger partial charge >= 0.3 is 5.97 Å². The summed E-state index contributed by atoms with van der Waals surface area (Å²) < 4.78 is 12.9. The Labute approximate surface area is 73.3 Å². The van der Waals surface area contributed by atoms with E-state index < -0.39 is 11.8 Å². The average Bonchev–Trinajstić information content (AvgIpc) is 2.09. The van der Waals surface area contributed by atoms with Crippen LogP contribution in [0.3, 0.4) is 0 Å². The van der Waals surface area contributed by atoms with Crippen LogP contribution in [0, 0.1) is 10.7 Å². The Morgan fingerprint density at radius 1 is 1.46 bits per heavy atom. The summed E-state index contributed by atoms with van der Waals surface area (Å²) in [5.41, 5.74) is 0.177. The molecule has 0 saturated heterocycles. The number of nitrogens with zero attached hydrogens (tertiary/aromatic N) is 1. The molecule has 0 bridgehead atoms. The van der Waals surface area contributed by atoms with Crippen molar-refractivity contribution in [3.05, 3.63) is 40.6 Å². The molecule has 1 aromatic rings. The molecule has 0 radical (unpaired) electrons. The molecule has 1 rings (SSSR count). The van der Waals surface area contributed by atoms with Gasteiger partial charge in [-0.25, -0.2) is 9.18 Å². The van der Waals surface area contributed by atoms with Gasteiger partial charge in [-0.1, -0.05) is 18.2 Å². The molecule has 0 aliphatic carbocycles. The van der Waals surface area contributed by atoms with Crippen molar-refractivity contribution in [3.63, 3.8) is 0 Å². The van der Waals surface area contributed by atoms with E-state index in [-0.39, 0.29) is 12.0 Å². The lowest BCUT2D eigenvalue weighted by Crippen LogP contribution is -2.05. The first-order valence-corrected chi connectivity index (χ1v) is 3.50. The Morgan fingerprint density at radius 2 is 2.15 bits per heavy atom. The minimum atomic E-state index is -0.875. The lowest BCUT2D eigenvalue weighted by Gasteiger charge is -1.98. The minimum absolute atomic E-state index is 0.177. The second-order valence-corrected chi connectivity index (χ2v) is 2.31. The van der Waals surface area contributed by atoms with Gasteiger partial charge in [0.15, 0.2) is 5.34 Å². The predicted molar refractivity (Wildman–Crippen MR) is 42.0 cm³/mol. The summed E-state index contributed by atoms with van der Waals surface area (Å²) in [7, 11) is 0. The van der Waals surface area contributed by atoms with Gasteiger partial charge in [0.25, 0.3) is 0 Å². The topological polar surface area (TPSA) is 55.7 Å². The first kappa shape index (κ1) is 9.31. The molecule has 0 unspecified atom stereocenters. The van der Waals surface area contributed by atoms with Crippen molar-refractivity contribution in [2.45, 2.75) is 6.42 Å².